The van der Waals surface area contributed by atoms with Gasteiger partial charge in [0, 0.05) is 80.8 Å². The quantitative estimate of drug-likeness (QED) is 0.0244. The van der Waals surface area contributed by atoms with E-state index in [4.69, 9.17) is 0 Å². The molecule has 0 atom stereocenters. The largest absolute Gasteiger partial charge is 0.550 e. The summed E-state index contributed by atoms with van der Waals surface area (Å²) in [6.07, 6.45) is -88.7. The Morgan fingerprint density at radius 3 is 0.899 bits per heavy atom. The number of carbonyl (C=O) groups is 10. The molecule has 792 valence electrons. The molecule has 0 saturated heterocycles. The fourth-order valence-electron chi connectivity index (χ4n) is 11.2. The Morgan fingerprint density at radius 1 is 0.317 bits per heavy atom. The molecular weight excluding hydrogens is 2070 g/mol. The highest BCUT2D eigenvalue weighted by molar-refractivity contribution is 7.87. The minimum atomic E-state index is -6.39. The van der Waals surface area contributed by atoms with Crippen molar-refractivity contribution in [2.45, 2.75) is 260 Å². The van der Waals surface area contributed by atoms with E-state index in [0.717, 1.165) is 95.0 Å². The number of halogens is 36. The van der Waals surface area contributed by atoms with Crippen molar-refractivity contribution in [1.29, 1.82) is 0 Å². The highest BCUT2D eigenvalue weighted by Gasteiger charge is 2.80. The lowest BCUT2D eigenvalue weighted by atomic mass is 9.87. The van der Waals surface area contributed by atoms with E-state index in [0.29, 0.717) is 54.2 Å². The standard InChI is InChI=1S/C16H10F6O4.C13H16F6O4.C12H10F6O5S.C12H14F6O5.C11H8F6O5S.C10H12F6O4/c17-15(18,19)14(8-12(23)24,16(20,21)22)26-13(25)11-6-5-9-3-1-2-4-10(9)7-11;14-12(15,16)11(7-9(20)21,13(17,18)19)23-10(22)6-8-4-2-1-3-5-8;1-7-2-4-8(5-3-7)24(21,22)23-10(6-9(19)20,11(13,14)15)12(16,17)18;13-11(14,15)10(6-8(19)20,12(16,17)18)23-9(21)22-7-4-2-1-3-5-7;12-10(13,14)9(6-8(18)19,11(15,16)17)22-23(20,21)7-4-2-1-3-5-7;1-7(2,3)6(19)20-8(4-5(17)18,9(11,12)13)10(14,15)16/h1-7H,8H2,(H,23,24);8H,1-7H2,(H,20,21);2-5H,6H2,1H3,(H,19,20);7H,1-6H2,(H,19,20);1-5H,6H2,(H,18,19);4H2,1-3H3,(H,17,18)/p-6. The zero-order valence-corrected chi connectivity index (χ0v) is 71.0. The van der Waals surface area contributed by atoms with Crippen molar-refractivity contribution in [3.05, 3.63) is 108 Å². The normalized spacial score (nSPS) is 15.0. The smallest absolute Gasteiger partial charge is 0.509 e. The van der Waals surface area contributed by atoms with E-state index < -0.39 is 260 Å². The minimum Gasteiger partial charge on any atom is -0.550 e. The number of fused-ring (bicyclic) bond motifs is 1. The number of aryl methyl sites for hydroxylation is 1. The molecule has 139 heavy (non-hydrogen) atoms. The molecule has 0 heterocycles. The Kier molecular flexibility index (Phi) is 41.8. The molecule has 27 nitrogen and oxygen atoms in total. The predicted octanol–water partition coefficient (Wildman–Crippen LogP) is 12.7. The number of carboxylic acids is 6. The van der Waals surface area contributed by atoms with Gasteiger partial charge >= 0.3 is 121 Å². The van der Waals surface area contributed by atoms with Crippen molar-refractivity contribution >= 4 is 90.9 Å². The zero-order valence-electron chi connectivity index (χ0n) is 69.4. The SMILES string of the molecule is CC(C)(C)C(=O)OC(CC(=O)[O-])(C(F)(F)F)C(F)(F)F.Cc1ccc(S(=O)(=O)OC(CC(=O)[O-])(C(F)(F)F)C(F)(F)F)cc1.O=C([O-])CC(OC(=O)CC1CCCCC1)(C(F)(F)F)C(F)(F)F.O=C([O-])CC(OC(=O)OC1CCCCC1)(C(F)(F)F)C(F)(F)F.O=C([O-])CC(OC(=O)c1ccc2ccccc2c1)(C(F)(F)F)C(F)(F)F.O=C([O-])CC(OS(=O)(=O)c1ccccc1)(C(F)(F)F)C(F)(F)F. The number of alkyl halides is 36. The first kappa shape index (κ1) is 126. The molecule has 4 aromatic rings. The molecule has 0 unspecified atom stereocenters. The lowest BCUT2D eigenvalue weighted by Crippen LogP contribution is -2.62. The molecule has 0 aromatic heterocycles. The van der Waals surface area contributed by atoms with Crippen LogP contribution in [0.1, 0.15) is 146 Å². The van der Waals surface area contributed by atoms with Crippen molar-refractivity contribution < 1.29 is 286 Å². The third-order valence-electron chi connectivity index (χ3n) is 18.4. The van der Waals surface area contributed by atoms with Crippen LogP contribution in [0.2, 0.25) is 0 Å². The molecule has 0 amide bonds. The summed E-state index contributed by atoms with van der Waals surface area (Å²) in [6, 6.07) is 17.9. The Bertz CT molecular complexity index is 4910. The van der Waals surface area contributed by atoms with Gasteiger partial charge in [-0.3, -0.25) is 9.59 Å². The van der Waals surface area contributed by atoms with E-state index in [1.807, 2.05) is 0 Å². The molecule has 0 N–H and O–H groups in total. The van der Waals surface area contributed by atoms with E-state index in [2.05, 4.69) is 32.1 Å². The average Bonchev–Trinajstić information content (AvgIpc) is 0.747. The van der Waals surface area contributed by atoms with Crippen molar-refractivity contribution in [3.8, 4) is 0 Å². The first-order valence-electron chi connectivity index (χ1n) is 37.1. The summed E-state index contributed by atoms with van der Waals surface area (Å²) in [5, 5.41) is 63.1. The molecule has 0 bridgehead atoms. The monoisotopic (exact) mass is 2130 g/mol. The summed E-state index contributed by atoms with van der Waals surface area (Å²) in [7, 11) is -11.1. The van der Waals surface area contributed by atoms with Gasteiger partial charge in [-0.25, -0.2) is 18.0 Å². The third-order valence-corrected chi connectivity index (χ3v) is 21.1. The molecule has 2 saturated carbocycles. The van der Waals surface area contributed by atoms with Gasteiger partial charge in [-0.15, -0.1) is 0 Å². The number of benzene rings is 4. The molecular formula is C74H64F36O27S2-6. The summed E-state index contributed by atoms with van der Waals surface area (Å²) >= 11 is 0. The summed E-state index contributed by atoms with van der Waals surface area (Å²) in [6.45, 7) is 4.55. The molecule has 0 aliphatic heterocycles. The van der Waals surface area contributed by atoms with E-state index in [9.17, 15) is 253 Å². The van der Waals surface area contributed by atoms with Gasteiger partial charge in [0.1, 0.15) is 6.10 Å². The Balaban J connectivity index is 0.000000835. The lowest BCUT2D eigenvalue weighted by Gasteiger charge is -2.38. The Hall–Kier alpha value is -11.1. The number of carbonyl (C=O) groups excluding carboxylic acids is 10. The van der Waals surface area contributed by atoms with Crippen LogP contribution in [0.5, 0.6) is 0 Å². The molecule has 2 aliphatic rings. The van der Waals surface area contributed by atoms with Crippen LogP contribution in [0.25, 0.3) is 10.8 Å². The predicted molar refractivity (Wildman–Crippen MR) is 368 cm³/mol. The Morgan fingerprint density at radius 2 is 0.590 bits per heavy atom. The topological polar surface area (TPSA) is 442 Å². The maximum atomic E-state index is 13.1. The van der Waals surface area contributed by atoms with Crippen LogP contribution in [0.4, 0.5) is 163 Å². The van der Waals surface area contributed by atoms with Gasteiger partial charge in [0.05, 0.1) is 20.8 Å². The van der Waals surface area contributed by atoms with Gasteiger partial charge in [0.15, 0.2) is 0 Å². The van der Waals surface area contributed by atoms with E-state index in [-0.39, 0.29) is 18.8 Å². The maximum absolute atomic E-state index is 13.1. The molecule has 2 aliphatic carbocycles. The van der Waals surface area contributed by atoms with Gasteiger partial charge in [0.25, 0.3) is 31.4 Å². The second-order valence-corrected chi connectivity index (χ2v) is 33.0. The lowest BCUT2D eigenvalue weighted by molar-refractivity contribution is -0.382. The fraction of sp³-hybridized carbons (Fsp3) is 0.568. The van der Waals surface area contributed by atoms with Crippen LogP contribution in [0, 0.1) is 18.3 Å². The van der Waals surface area contributed by atoms with Crippen LogP contribution < -0.4 is 30.6 Å². The van der Waals surface area contributed by atoms with E-state index in [1.165, 1.54) is 25.1 Å². The van der Waals surface area contributed by atoms with Crippen LogP contribution in [-0.2, 0) is 90.6 Å². The number of ether oxygens (including phenoxy) is 5. The van der Waals surface area contributed by atoms with Gasteiger partial charge in [0.2, 0.25) is 0 Å². The molecule has 0 radical (unpaired) electrons. The highest BCUT2D eigenvalue weighted by atomic mass is 32.2. The molecule has 2 fully saturated rings. The van der Waals surface area contributed by atoms with Gasteiger partial charge < -0.3 is 83.1 Å². The number of aliphatic carboxylic acids is 6. The summed E-state index contributed by atoms with van der Waals surface area (Å²) in [5.41, 5.74) is -33.4. The highest BCUT2D eigenvalue weighted by Crippen LogP contribution is 2.56. The van der Waals surface area contributed by atoms with Crippen LogP contribution in [-0.4, -0.2) is 191 Å². The van der Waals surface area contributed by atoms with Crippen molar-refractivity contribution in [2.75, 3.05) is 0 Å². The number of esters is 3. The second-order valence-electron chi connectivity index (χ2n) is 29.9. The van der Waals surface area contributed by atoms with E-state index in [1.54, 1.807) is 18.2 Å². The third kappa shape index (κ3) is 33.6. The fourth-order valence-corrected chi connectivity index (χ4v) is 13.6. The van der Waals surface area contributed by atoms with Crippen LogP contribution in [0.3, 0.4) is 0 Å². The summed E-state index contributed by atoms with van der Waals surface area (Å²) < 4.78 is 536. The number of rotatable bonds is 26. The Labute approximate surface area is 754 Å². The van der Waals surface area contributed by atoms with Crippen molar-refractivity contribution in [3.63, 3.8) is 0 Å². The first-order valence-corrected chi connectivity index (χ1v) is 40.0. The van der Waals surface area contributed by atoms with E-state index >= 15 is 0 Å². The van der Waals surface area contributed by atoms with Gasteiger partial charge in [-0.1, -0.05) is 91.9 Å². The van der Waals surface area contributed by atoms with Crippen molar-refractivity contribution in [2.24, 2.45) is 11.3 Å². The van der Waals surface area contributed by atoms with Gasteiger partial charge in [-0.2, -0.15) is 175 Å². The minimum absolute atomic E-state index is 0.278. The summed E-state index contributed by atoms with van der Waals surface area (Å²) in [4.78, 5) is 106. The molecule has 4 aromatic carbocycles. The number of hydrogen-bond donors (Lipinski definition) is 0. The molecule has 65 heteroatoms. The molecule has 6 rings (SSSR count). The maximum Gasteiger partial charge on any atom is 0.509 e. The van der Waals surface area contributed by atoms with Crippen LogP contribution in [0.15, 0.2) is 107 Å². The van der Waals surface area contributed by atoms with Crippen molar-refractivity contribution in [1.82, 2.24) is 0 Å². The van der Waals surface area contributed by atoms with Crippen LogP contribution >= 0.6 is 0 Å². The number of carboxylic acid groups (broad SMARTS) is 6. The number of hydrogen-bond acceptors (Lipinski definition) is 27. The van der Waals surface area contributed by atoms with Gasteiger partial charge in [-0.05, 0) is 119 Å². The first-order chi connectivity index (χ1) is 62.0. The average molecular weight is 2130 g/mol. The summed E-state index contributed by atoms with van der Waals surface area (Å²) in [5.74, 6) is -22.1. The second kappa shape index (κ2) is 46.1. The zero-order chi connectivity index (χ0) is 109. The molecule has 0 spiro atoms.